The molecule has 1 heterocycles. The predicted molar refractivity (Wildman–Crippen MR) is 62.5 cm³/mol. The molecule has 1 saturated heterocycles. The number of ether oxygens (including phenoxy) is 2. The second-order valence-electron chi connectivity index (χ2n) is 4.93. The molecule has 0 aromatic heterocycles. The Hall–Kier alpha value is -1.99. The third-order valence-corrected chi connectivity index (χ3v) is 3.49. The highest BCUT2D eigenvalue weighted by molar-refractivity contribution is 5.82. The third kappa shape index (κ3) is 2.38. The smallest absolute Gasteiger partial charge is 0.428 e. The Labute approximate surface area is 117 Å². The lowest BCUT2D eigenvalue weighted by Gasteiger charge is -2.25. The number of carbonyl (C=O) groups excluding carboxylic acids is 1. The normalized spacial score (nSPS) is 25.8. The standard InChI is InChI=1S/C13H12F4O4/c1-12(13(15,16)17)5-7(11(19)21-12)6-3-4-8(18)9(14)10(6)20-2/h3-4,7,18H,5H2,1-2H3/t7-,12+/m0/s1. The van der Waals surface area contributed by atoms with Crippen LogP contribution >= 0.6 is 0 Å². The van der Waals surface area contributed by atoms with Gasteiger partial charge in [0.1, 0.15) is 0 Å². The fourth-order valence-corrected chi connectivity index (χ4v) is 2.26. The summed E-state index contributed by atoms with van der Waals surface area (Å²) in [6.07, 6.45) is -5.42. The molecule has 21 heavy (non-hydrogen) atoms. The van der Waals surface area contributed by atoms with Crippen LogP contribution in [-0.4, -0.2) is 30.0 Å². The zero-order chi connectivity index (χ0) is 16.0. The molecule has 8 heteroatoms. The number of halogens is 4. The Balaban J connectivity index is 2.45. The summed E-state index contributed by atoms with van der Waals surface area (Å²) in [6, 6.07) is 2.09. The second kappa shape index (κ2) is 4.78. The summed E-state index contributed by atoms with van der Waals surface area (Å²) in [6.45, 7) is 0.758. The van der Waals surface area contributed by atoms with Crippen molar-refractivity contribution in [3.63, 3.8) is 0 Å². The van der Waals surface area contributed by atoms with Crippen molar-refractivity contribution in [1.82, 2.24) is 0 Å². The van der Waals surface area contributed by atoms with E-state index in [1.165, 1.54) is 0 Å². The van der Waals surface area contributed by atoms with Gasteiger partial charge in [0.15, 0.2) is 11.5 Å². The van der Waals surface area contributed by atoms with E-state index in [1.54, 1.807) is 0 Å². The van der Waals surface area contributed by atoms with Crippen molar-refractivity contribution in [3.8, 4) is 11.5 Å². The van der Waals surface area contributed by atoms with Crippen LogP contribution in [0, 0.1) is 5.82 Å². The molecule has 0 unspecified atom stereocenters. The fourth-order valence-electron chi connectivity index (χ4n) is 2.26. The van der Waals surface area contributed by atoms with Gasteiger partial charge in [-0.15, -0.1) is 0 Å². The van der Waals surface area contributed by atoms with E-state index in [1.807, 2.05) is 0 Å². The average Bonchev–Trinajstić information content (AvgIpc) is 2.69. The summed E-state index contributed by atoms with van der Waals surface area (Å²) in [5, 5.41) is 9.25. The van der Waals surface area contributed by atoms with E-state index in [0.29, 0.717) is 0 Å². The Morgan fingerprint density at radius 2 is 2.05 bits per heavy atom. The Kier molecular flexibility index (Phi) is 3.51. The summed E-state index contributed by atoms with van der Waals surface area (Å²) in [5.74, 6) is -4.76. The first kappa shape index (κ1) is 15.4. The maximum atomic E-state index is 13.7. The SMILES string of the molecule is COc1c([C@@H]2C[C@](C)(C(F)(F)F)OC2=O)ccc(O)c1F. The maximum Gasteiger partial charge on any atom is 0.428 e. The van der Waals surface area contributed by atoms with Crippen LogP contribution in [0.1, 0.15) is 24.8 Å². The van der Waals surface area contributed by atoms with Crippen molar-refractivity contribution in [2.45, 2.75) is 31.0 Å². The molecule has 0 bridgehead atoms. The molecule has 0 amide bonds. The number of aromatic hydroxyl groups is 1. The lowest BCUT2D eigenvalue weighted by molar-refractivity contribution is -0.251. The van der Waals surface area contributed by atoms with Gasteiger partial charge in [-0.05, 0) is 13.0 Å². The van der Waals surface area contributed by atoms with E-state index in [0.717, 1.165) is 26.2 Å². The van der Waals surface area contributed by atoms with Gasteiger partial charge in [-0.3, -0.25) is 4.79 Å². The van der Waals surface area contributed by atoms with Crippen LogP contribution in [0.3, 0.4) is 0 Å². The Morgan fingerprint density at radius 3 is 2.52 bits per heavy atom. The van der Waals surface area contributed by atoms with Crippen LogP contribution in [0.15, 0.2) is 12.1 Å². The number of rotatable bonds is 2. The summed E-state index contributed by atoms with van der Waals surface area (Å²) < 4.78 is 61.6. The van der Waals surface area contributed by atoms with Crippen molar-refractivity contribution in [3.05, 3.63) is 23.5 Å². The number of benzene rings is 1. The van der Waals surface area contributed by atoms with Gasteiger partial charge in [0, 0.05) is 12.0 Å². The molecule has 0 radical (unpaired) electrons. The topological polar surface area (TPSA) is 55.8 Å². The van der Waals surface area contributed by atoms with Gasteiger partial charge >= 0.3 is 12.1 Å². The fraction of sp³-hybridized carbons (Fsp3) is 0.462. The zero-order valence-electron chi connectivity index (χ0n) is 11.1. The third-order valence-electron chi connectivity index (χ3n) is 3.49. The maximum absolute atomic E-state index is 13.7. The van der Waals surface area contributed by atoms with Crippen LogP contribution in [0.4, 0.5) is 17.6 Å². The predicted octanol–water partition coefficient (Wildman–Crippen LogP) is 2.89. The molecule has 0 spiro atoms. The molecule has 1 aromatic rings. The number of alkyl halides is 3. The van der Waals surface area contributed by atoms with Crippen molar-refractivity contribution in [1.29, 1.82) is 0 Å². The first-order chi connectivity index (χ1) is 9.60. The molecule has 116 valence electrons. The van der Waals surface area contributed by atoms with E-state index < -0.39 is 47.4 Å². The molecule has 2 rings (SSSR count). The minimum Gasteiger partial charge on any atom is -0.505 e. The number of hydrogen-bond acceptors (Lipinski definition) is 4. The van der Waals surface area contributed by atoms with Crippen molar-refractivity contribution < 1.29 is 36.9 Å². The van der Waals surface area contributed by atoms with Gasteiger partial charge in [-0.2, -0.15) is 17.6 Å². The van der Waals surface area contributed by atoms with Crippen LogP contribution in [0.2, 0.25) is 0 Å². The second-order valence-corrected chi connectivity index (χ2v) is 4.93. The van der Waals surface area contributed by atoms with Crippen LogP contribution < -0.4 is 4.74 Å². The van der Waals surface area contributed by atoms with Gasteiger partial charge in [0.2, 0.25) is 11.4 Å². The van der Waals surface area contributed by atoms with Gasteiger partial charge < -0.3 is 14.6 Å². The lowest BCUT2D eigenvalue weighted by Crippen LogP contribution is -2.41. The van der Waals surface area contributed by atoms with Crippen molar-refractivity contribution in [2.75, 3.05) is 7.11 Å². The average molecular weight is 308 g/mol. The summed E-state index contributed by atoms with van der Waals surface area (Å²) in [5.41, 5.74) is -2.72. The largest absolute Gasteiger partial charge is 0.505 e. The highest BCUT2D eigenvalue weighted by Gasteiger charge is 2.61. The Morgan fingerprint density at radius 1 is 1.43 bits per heavy atom. The van der Waals surface area contributed by atoms with Gasteiger partial charge in [-0.25, -0.2) is 0 Å². The minimum absolute atomic E-state index is 0.0919. The lowest BCUT2D eigenvalue weighted by atomic mass is 9.89. The van der Waals surface area contributed by atoms with Crippen LogP contribution in [0.25, 0.3) is 0 Å². The molecule has 4 nitrogen and oxygen atoms in total. The van der Waals surface area contributed by atoms with Crippen molar-refractivity contribution in [2.24, 2.45) is 0 Å². The van der Waals surface area contributed by atoms with E-state index in [-0.39, 0.29) is 5.56 Å². The molecule has 1 N–H and O–H groups in total. The van der Waals surface area contributed by atoms with Gasteiger partial charge in [0.05, 0.1) is 13.0 Å². The number of carbonyl (C=O) groups is 1. The molecule has 1 aliphatic rings. The zero-order valence-corrected chi connectivity index (χ0v) is 11.1. The molecule has 1 aliphatic heterocycles. The monoisotopic (exact) mass is 308 g/mol. The quantitative estimate of drug-likeness (QED) is 0.674. The molecule has 0 saturated carbocycles. The number of esters is 1. The first-order valence-corrected chi connectivity index (χ1v) is 5.95. The summed E-state index contributed by atoms with van der Waals surface area (Å²) in [7, 11) is 1.09. The van der Waals surface area contributed by atoms with E-state index >= 15 is 0 Å². The number of phenolic OH excluding ortho intramolecular Hbond substituents is 1. The van der Waals surface area contributed by atoms with E-state index in [9.17, 15) is 27.5 Å². The van der Waals surface area contributed by atoms with E-state index in [2.05, 4.69) is 4.74 Å². The summed E-state index contributed by atoms with van der Waals surface area (Å²) in [4.78, 5) is 11.7. The molecule has 2 atom stereocenters. The molecule has 0 aliphatic carbocycles. The van der Waals surface area contributed by atoms with Crippen LogP contribution in [0.5, 0.6) is 11.5 Å². The number of hydrogen-bond donors (Lipinski definition) is 1. The van der Waals surface area contributed by atoms with Crippen molar-refractivity contribution >= 4 is 5.97 Å². The molecular formula is C13H12F4O4. The molecular weight excluding hydrogens is 296 g/mol. The van der Waals surface area contributed by atoms with E-state index in [4.69, 9.17) is 4.74 Å². The number of phenols is 1. The van der Waals surface area contributed by atoms with Gasteiger partial charge in [-0.1, -0.05) is 6.07 Å². The minimum atomic E-state index is -4.74. The Bertz CT molecular complexity index is 584. The highest BCUT2D eigenvalue weighted by atomic mass is 19.4. The first-order valence-electron chi connectivity index (χ1n) is 5.95. The molecule has 1 fully saturated rings. The van der Waals surface area contributed by atoms with Gasteiger partial charge in [0.25, 0.3) is 0 Å². The molecule has 1 aromatic carbocycles. The summed E-state index contributed by atoms with van der Waals surface area (Å²) >= 11 is 0. The number of methoxy groups -OCH3 is 1. The highest BCUT2D eigenvalue weighted by Crippen LogP contribution is 2.49. The number of cyclic esters (lactones) is 1. The van der Waals surface area contributed by atoms with Crippen LogP contribution in [-0.2, 0) is 9.53 Å².